The molecule has 0 aromatic heterocycles. The molecule has 2 atom stereocenters. The number of benzene rings is 2. The van der Waals surface area contributed by atoms with Gasteiger partial charge in [0.2, 0.25) is 0 Å². The number of hydrogen-bond donors (Lipinski definition) is 1. The molecule has 2 N–H and O–H groups in total. The molecule has 0 bridgehead atoms. The average Bonchev–Trinajstić information content (AvgIpc) is 2.68. The van der Waals surface area contributed by atoms with Crippen molar-refractivity contribution in [2.24, 2.45) is 5.73 Å². The molecule has 2 aromatic rings. The van der Waals surface area contributed by atoms with E-state index in [0.29, 0.717) is 16.7 Å². The first kappa shape index (κ1) is 21.3. The van der Waals surface area contributed by atoms with Crippen molar-refractivity contribution in [1.82, 2.24) is 4.90 Å². The largest absolute Gasteiger partial charge is 0.445 e. The molecule has 2 unspecified atom stereocenters. The van der Waals surface area contributed by atoms with E-state index in [1.165, 1.54) is 0 Å². The van der Waals surface area contributed by atoms with E-state index in [0.717, 1.165) is 17.6 Å². The van der Waals surface area contributed by atoms with Crippen LogP contribution in [0, 0.1) is 0 Å². The van der Waals surface area contributed by atoms with Crippen LogP contribution in [-0.2, 0) is 9.53 Å². The highest BCUT2D eigenvalue weighted by molar-refractivity contribution is 9.10. The van der Waals surface area contributed by atoms with Gasteiger partial charge in [0.05, 0.1) is 0 Å². The topological polar surface area (TPSA) is 72.6 Å². The fourth-order valence-electron chi connectivity index (χ4n) is 2.83. The standard InChI is InChI=1S/C21H25BrN2O3/c1-4-24(5-2)14(3)27-21(26)19(23)16-7-6-8-17(13-16)20(25)15-9-11-18(22)12-10-15/h6-14,19H,4-5,23H2,1-3H3. The van der Waals surface area contributed by atoms with Gasteiger partial charge in [0.1, 0.15) is 6.04 Å². The fourth-order valence-corrected chi connectivity index (χ4v) is 3.10. The second kappa shape index (κ2) is 9.78. The van der Waals surface area contributed by atoms with Crippen LogP contribution in [0.4, 0.5) is 0 Å². The van der Waals surface area contributed by atoms with E-state index in [2.05, 4.69) is 15.9 Å². The van der Waals surface area contributed by atoms with Gasteiger partial charge in [-0.15, -0.1) is 0 Å². The molecule has 0 amide bonds. The van der Waals surface area contributed by atoms with Crippen LogP contribution in [0.15, 0.2) is 53.0 Å². The monoisotopic (exact) mass is 432 g/mol. The highest BCUT2D eigenvalue weighted by atomic mass is 79.9. The van der Waals surface area contributed by atoms with Crippen molar-refractivity contribution in [1.29, 1.82) is 0 Å². The number of nitrogens with zero attached hydrogens (tertiary/aromatic N) is 1. The molecule has 0 radical (unpaired) electrons. The third kappa shape index (κ3) is 5.48. The zero-order valence-electron chi connectivity index (χ0n) is 15.8. The molecule has 0 saturated carbocycles. The summed E-state index contributed by atoms with van der Waals surface area (Å²) in [6.45, 7) is 7.38. The minimum Gasteiger partial charge on any atom is -0.445 e. The van der Waals surface area contributed by atoms with Crippen molar-refractivity contribution in [3.05, 3.63) is 69.7 Å². The number of hydrogen-bond acceptors (Lipinski definition) is 5. The summed E-state index contributed by atoms with van der Waals surface area (Å²) in [6.07, 6.45) is -0.355. The highest BCUT2D eigenvalue weighted by Crippen LogP contribution is 2.19. The zero-order valence-corrected chi connectivity index (χ0v) is 17.4. The Bertz CT molecular complexity index is 788. The Labute approximate surface area is 168 Å². The number of esters is 1. The van der Waals surface area contributed by atoms with Crippen LogP contribution in [0.2, 0.25) is 0 Å². The molecule has 6 heteroatoms. The van der Waals surface area contributed by atoms with Crippen LogP contribution < -0.4 is 5.73 Å². The number of halogens is 1. The summed E-state index contributed by atoms with van der Waals surface area (Å²) in [7, 11) is 0. The van der Waals surface area contributed by atoms with E-state index in [1.807, 2.05) is 37.8 Å². The summed E-state index contributed by atoms with van der Waals surface area (Å²) in [5.74, 6) is -0.635. The molecular formula is C21H25BrN2O3. The third-order valence-electron chi connectivity index (χ3n) is 4.48. The zero-order chi connectivity index (χ0) is 20.0. The SMILES string of the molecule is CCN(CC)C(C)OC(=O)C(N)c1cccc(C(=O)c2ccc(Br)cc2)c1. The highest BCUT2D eigenvalue weighted by Gasteiger charge is 2.23. The van der Waals surface area contributed by atoms with Gasteiger partial charge in [-0.3, -0.25) is 9.69 Å². The summed E-state index contributed by atoms with van der Waals surface area (Å²) < 4.78 is 6.38. The Morgan fingerprint density at radius 2 is 1.70 bits per heavy atom. The second-order valence-corrected chi connectivity index (χ2v) is 7.11. The van der Waals surface area contributed by atoms with E-state index in [9.17, 15) is 9.59 Å². The van der Waals surface area contributed by atoms with Gasteiger partial charge in [-0.25, -0.2) is 4.79 Å². The number of nitrogens with two attached hydrogens (primary N) is 1. The summed E-state index contributed by atoms with van der Waals surface area (Å²) in [5.41, 5.74) is 7.69. The van der Waals surface area contributed by atoms with Gasteiger partial charge in [0.15, 0.2) is 12.0 Å². The molecule has 2 aromatic carbocycles. The molecular weight excluding hydrogens is 408 g/mol. The smallest absolute Gasteiger partial charge is 0.329 e. The summed E-state index contributed by atoms with van der Waals surface area (Å²) >= 11 is 3.35. The molecule has 0 spiro atoms. The molecule has 5 nitrogen and oxygen atoms in total. The number of carbonyl (C=O) groups excluding carboxylic acids is 2. The van der Waals surface area contributed by atoms with E-state index in [4.69, 9.17) is 10.5 Å². The van der Waals surface area contributed by atoms with Crippen molar-refractivity contribution in [3.63, 3.8) is 0 Å². The first-order valence-electron chi connectivity index (χ1n) is 8.97. The van der Waals surface area contributed by atoms with Crippen molar-refractivity contribution >= 4 is 27.7 Å². The van der Waals surface area contributed by atoms with Crippen molar-refractivity contribution in [2.45, 2.75) is 33.0 Å². The molecule has 0 aliphatic carbocycles. The average molecular weight is 433 g/mol. The normalized spacial score (nSPS) is 13.3. The molecule has 0 saturated heterocycles. The van der Waals surface area contributed by atoms with Crippen LogP contribution in [0.5, 0.6) is 0 Å². The van der Waals surface area contributed by atoms with Crippen LogP contribution >= 0.6 is 15.9 Å². The minimum atomic E-state index is -0.944. The predicted molar refractivity (Wildman–Crippen MR) is 109 cm³/mol. The number of carbonyl (C=O) groups is 2. The van der Waals surface area contributed by atoms with Gasteiger partial charge >= 0.3 is 5.97 Å². The van der Waals surface area contributed by atoms with Gasteiger partial charge in [-0.05, 0) is 55.9 Å². The van der Waals surface area contributed by atoms with Gasteiger partial charge in [0, 0.05) is 15.6 Å². The number of ether oxygens (including phenoxy) is 1. The van der Waals surface area contributed by atoms with Crippen LogP contribution in [0.1, 0.15) is 48.3 Å². The van der Waals surface area contributed by atoms with E-state index in [1.54, 1.807) is 36.4 Å². The lowest BCUT2D eigenvalue weighted by molar-refractivity contribution is -0.159. The van der Waals surface area contributed by atoms with E-state index < -0.39 is 12.0 Å². The first-order chi connectivity index (χ1) is 12.9. The molecule has 0 heterocycles. The fraction of sp³-hybridized carbons (Fsp3) is 0.333. The van der Waals surface area contributed by atoms with Gasteiger partial charge in [-0.1, -0.05) is 48.0 Å². The third-order valence-corrected chi connectivity index (χ3v) is 5.01. The quantitative estimate of drug-likeness (QED) is 0.388. The lowest BCUT2D eigenvalue weighted by atomic mass is 9.99. The lowest BCUT2D eigenvalue weighted by Gasteiger charge is -2.27. The van der Waals surface area contributed by atoms with Crippen LogP contribution in [0.3, 0.4) is 0 Å². The van der Waals surface area contributed by atoms with Crippen LogP contribution in [-0.4, -0.2) is 36.0 Å². The van der Waals surface area contributed by atoms with Crippen LogP contribution in [0.25, 0.3) is 0 Å². The Morgan fingerprint density at radius 3 is 2.30 bits per heavy atom. The first-order valence-corrected chi connectivity index (χ1v) is 9.77. The molecule has 27 heavy (non-hydrogen) atoms. The molecule has 2 rings (SSSR count). The number of rotatable bonds is 8. The molecule has 0 aliphatic rings. The maximum absolute atomic E-state index is 12.7. The number of ketones is 1. The van der Waals surface area contributed by atoms with Gasteiger partial charge < -0.3 is 10.5 Å². The lowest BCUT2D eigenvalue weighted by Crippen LogP contribution is -2.38. The Morgan fingerprint density at radius 1 is 1.07 bits per heavy atom. The summed E-state index contributed by atoms with van der Waals surface area (Å²) in [5, 5.41) is 0. The van der Waals surface area contributed by atoms with E-state index in [-0.39, 0.29) is 12.0 Å². The summed E-state index contributed by atoms with van der Waals surface area (Å²) in [4.78, 5) is 27.1. The minimum absolute atomic E-state index is 0.124. The molecule has 0 aliphatic heterocycles. The van der Waals surface area contributed by atoms with Crippen molar-refractivity contribution in [3.8, 4) is 0 Å². The maximum Gasteiger partial charge on any atom is 0.329 e. The van der Waals surface area contributed by atoms with Crippen molar-refractivity contribution < 1.29 is 14.3 Å². The van der Waals surface area contributed by atoms with Gasteiger partial charge in [0.25, 0.3) is 0 Å². The van der Waals surface area contributed by atoms with E-state index >= 15 is 0 Å². The Kier molecular flexibility index (Phi) is 7.71. The van der Waals surface area contributed by atoms with Gasteiger partial charge in [-0.2, -0.15) is 0 Å². The Balaban J connectivity index is 2.14. The Hall–Kier alpha value is -2.02. The maximum atomic E-state index is 12.7. The predicted octanol–water partition coefficient (Wildman–Crippen LogP) is 3.91. The molecule has 144 valence electrons. The summed E-state index contributed by atoms with van der Waals surface area (Å²) in [6, 6.07) is 13.0. The molecule has 0 fully saturated rings. The second-order valence-electron chi connectivity index (χ2n) is 6.20. The van der Waals surface area contributed by atoms with Crippen molar-refractivity contribution in [2.75, 3.05) is 13.1 Å².